The van der Waals surface area contributed by atoms with Gasteiger partial charge in [0.05, 0.1) is 5.60 Å². The summed E-state index contributed by atoms with van der Waals surface area (Å²) in [4.78, 5) is 0. The van der Waals surface area contributed by atoms with E-state index in [4.69, 9.17) is 0 Å². The maximum Gasteiger partial charge on any atom is 0.0895 e. The summed E-state index contributed by atoms with van der Waals surface area (Å²) in [5, 5.41) is 9.47. The van der Waals surface area contributed by atoms with E-state index in [2.05, 4.69) is 12.3 Å². The van der Waals surface area contributed by atoms with Crippen LogP contribution in [0, 0.1) is 0 Å². The highest BCUT2D eigenvalue weighted by Gasteiger charge is 2.16. The molecular weight excluding hydrogens is 112 g/mol. The number of hydrogen-bond donors (Lipinski definition) is 1. The summed E-state index contributed by atoms with van der Waals surface area (Å²) in [7, 11) is 0. The molecule has 0 amide bonds. The van der Waals surface area contributed by atoms with Gasteiger partial charge in [0, 0.05) is 0 Å². The largest absolute Gasteiger partial charge is 0.385 e. The second-order valence-electron chi connectivity index (χ2n) is 2.16. The summed E-state index contributed by atoms with van der Waals surface area (Å²) in [6, 6.07) is 0. The van der Waals surface area contributed by atoms with Crippen LogP contribution in [0.3, 0.4) is 0 Å². The summed E-state index contributed by atoms with van der Waals surface area (Å²) in [5.74, 6) is 0. The van der Waals surface area contributed by atoms with Crippen LogP contribution < -0.4 is 0 Å². The summed E-state index contributed by atoms with van der Waals surface area (Å²) in [6.45, 7) is 7.28. The zero-order chi connectivity index (χ0) is 7.33. The van der Waals surface area contributed by atoms with Crippen molar-refractivity contribution in [2.45, 2.75) is 32.3 Å². The molecular formula is C8H14O. The van der Waals surface area contributed by atoms with E-state index in [-0.39, 0.29) is 0 Å². The summed E-state index contributed by atoms with van der Waals surface area (Å²) in [6.07, 6.45) is 3.07. The molecule has 0 bridgehead atoms. The molecule has 1 N–H and O–H groups in total. The van der Waals surface area contributed by atoms with Gasteiger partial charge in [-0.05, 0) is 18.9 Å². The molecule has 9 heavy (non-hydrogen) atoms. The first kappa shape index (κ1) is 8.48. The minimum Gasteiger partial charge on any atom is -0.385 e. The van der Waals surface area contributed by atoms with Gasteiger partial charge in [-0.2, -0.15) is 0 Å². The molecule has 0 heterocycles. The van der Waals surface area contributed by atoms with Gasteiger partial charge in [0.2, 0.25) is 0 Å². The Balaban J connectivity index is 4.08. The lowest BCUT2D eigenvalue weighted by Crippen LogP contribution is -2.22. The molecule has 0 aliphatic carbocycles. The lowest BCUT2D eigenvalue weighted by molar-refractivity contribution is 0.0830. The Labute approximate surface area is 56.7 Å². The van der Waals surface area contributed by atoms with Crippen molar-refractivity contribution in [3.05, 3.63) is 18.4 Å². The lowest BCUT2D eigenvalue weighted by Gasteiger charge is -2.18. The van der Waals surface area contributed by atoms with E-state index in [0.29, 0.717) is 0 Å². The molecule has 0 aromatic rings. The minimum atomic E-state index is -0.665. The van der Waals surface area contributed by atoms with Crippen LogP contribution in [-0.2, 0) is 0 Å². The Morgan fingerprint density at radius 2 is 2.00 bits per heavy atom. The molecule has 0 spiro atoms. The zero-order valence-electron chi connectivity index (χ0n) is 6.15. The number of rotatable bonds is 3. The van der Waals surface area contributed by atoms with E-state index in [9.17, 15) is 5.11 Å². The van der Waals surface area contributed by atoms with E-state index in [1.54, 1.807) is 6.08 Å². The molecule has 0 unspecified atom stereocenters. The highest BCUT2D eigenvalue weighted by atomic mass is 16.3. The van der Waals surface area contributed by atoms with E-state index in [0.717, 1.165) is 12.8 Å². The van der Waals surface area contributed by atoms with E-state index in [1.165, 1.54) is 0 Å². The molecule has 0 atom stereocenters. The molecule has 0 saturated carbocycles. The molecule has 52 valence electrons. The first-order valence-electron chi connectivity index (χ1n) is 3.28. The van der Waals surface area contributed by atoms with Gasteiger partial charge in [0.1, 0.15) is 0 Å². The first-order chi connectivity index (χ1) is 4.18. The van der Waals surface area contributed by atoms with Crippen molar-refractivity contribution in [3.63, 3.8) is 0 Å². The lowest BCUT2D eigenvalue weighted by atomic mass is 9.98. The molecule has 0 saturated heterocycles. The van der Waals surface area contributed by atoms with Crippen LogP contribution in [0.1, 0.15) is 26.7 Å². The van der Waals surface area contributed by atoms with Crippen LogP contribution in [0.15, 0.2) is 18.4 Å². The van der Waals surface area contributed by atoms with Crippen LogP contribution in [0.25, 0.3) is 0 Å². The molecule has 1 heteroatoms. The maximum atomic E-state index is 9.47. The summed E-state index contributed by atoms with van der Waals surface area (Å²) >= 11 is 0. The minimum absolute atomic E-state index is 0.665. The van der Waals surface area contributed by atoms with Crippen molar-refractivity contribution in [1.29, 1.82) is 0 Å². The third kappa shape index (κ3) is 2.50. The normalized spacial score (nSPS) is 10.6. The molecule has 0 radical (unpaired) electrons. The highest BCUT2D eigenvalue weighted by molar-refractivity contribution is 4.96. The van der Waals surface area contributed by atoms with Crippen LogP contribution in [0.4, 0.5) is 0 Å². The summed E-state index contributed by atoms with van der Waals surface area (Å²) < 4.78 is 0. The molecule has 0 aliphatic heterocycles. The smallest absolute Gasteiger partial charge is 0.0895 e. The number of hydrogen-bond acceptors (Lipinski definition) is 1. The van der Waals surface area contributed by atoms with Crippen molar-refractivity contribution < 1.29 is 5.11 Å². The van der Waals surface area contributed by atoms with E-state index < -0.39 is 5.60 Å². The van der Waals surface area contributed by atoms with Gasteiger partial charge in [-0.3, -0.25) is 0 Å². The summed E-state index contributed by atoms with van der Waals surface area (Å²) in [5.41, 5.74) is 1.92. The molecule has 1 nitrogen and oxygen atoms in total. The second-order valence-corrected chi connectivity index (χ2v) is 2.16. The van der Waals surface area contributed by atoms with Crippen molar-refractivity contribution >= 4 is 0 Å². The fourth-order valence-corrected chi connectivity index (χ4v) is 0.644. The predicted octanol–water partition coefficient (Wildman–Crippen LogP) is 1.88. The quantitative estimate of drug-likeness (QED) is 0.572. The van der Waals surface area contributed by atoms with Gasteiger partial charge in [0.15, 0.2) is 0 Å². The third-order valence-electron chi connectivity index (χ3n) is 1.60. The van der Waals surface area contributed by atoms with Crippen LogP contribution >= 0.6 is 0 Å². The van der Waals surface area contributed by atoms with Crippen LogP contribution in [0.5, 0.6) is 0 Å². The first-order valence-corrected chi connectivity index (χ1v) is 3.28. The van der Waals surface area contributed by atoms with Gasteiger partial charge in [-0.25, -0.2) is 0 Å². The zero-order valence-corrected chi connectivity index (χ0v) is 6.15. The highest BCUT2D eigenvalue weighted by Crippen LogP contribution is 2.14. The van der Waals surface area contributed by atoms with Gasteiger partial charge in [-0.15, -0.1) is 5.73 Å². The standard InChI is InChI=1S/C8H14O/c1-4-7-8(9,5-2)6-3/h7,9H,1,5-6H2,2-3H3. The van der Waals surface area contributed by atoms with Crippen molar-refractivity contribution in [3.8, 4) is 0 Å². The Bertz CT molecular complexity index is 117. The molecule has 0 fully saturated rings. The van der Waals surface area contributed by atoms with E-state index in [1.807, 2.05) is 13.8 Å². The maximum absolute atomic E-state index is 9.47. The average molecular weight is 126 g/mol. The molecule has 0 aliphatic rings. The SMILES string of the molecule is C=C=CC(O)(CC)CC. The Kier molecular flexibility index (Phi) is 3.29. The second kappa shape index (κ2) is 3.49. The monoisotopic (exact) mass is 126 g/mol. The van der Waals surface area contributed by atoms with E-state index >= 15 is 0 Å². The Morgan fingerprint density at radius 1 is 1.56 bits per heavy atom. The molecule has 0 rings (SSSR count). The van der Waals surface area contributed by atoms with Gasteiger partial charge < -0.3 is 5.11 Å². The van der Waals surface area contributed by atoms with Crippen LogP contribution in [0.2, 0.25) is 0 Å². The Hall–Kier alpha value is -0.520. The van der Waals surface area contributed by atoms with Crippen molar-refractivity contribution in [2.24, 2.45) is 0 Å². The van der Waals surface area contributed by atoms with Crippen molar-refractivity contribution in [1.82, 2.24) is 0 Å². The fourth-order valence-electron chi connectivity index (χ4n) is 0.644. The van der Waals surface area contributed by atoms with Gasteiger partial charge in [-0.1, -0.05) is 20.4 Å². The topological polar surface area (TPSA) is 20.2 Å². The molecule has 0 aromatic carbocycles. The third-order valence-corrected chi connectivity index (χ3v) is 1.60. The van der Waals surface area contributed by atoms with Gasteiger partial charge in [0.25, 0.3) is 0 Å². The molecule has 0 aromatic heterocycles. The van der Waals surface area contributed by atoms with Gasteiger partial charge >= 0.3 is 0 Å². The Morgan fingerprint density at radius 3 is 2.11 bits per heavy atom. The number of aliphatic hydroxyl groups is 1. The predicted molar refractivity (Wildman–Crippen MR) is 39.2 cm³/mol. The fraction of sp³-hybridized carbons (Fsp3) is 0.625. The average Bonchev–Trinajstić information content (AvgIpc) is 1.89. The van der Waals surface area contributed by atoms with Crippen molar-refractivity contribution in [2.75, 3.05) is 0 Å². The van der Waals surface area contributed by atoms with Crippen LogP contribution in [-0.4, -0.2) is 10.7 Å².